The molecule has 1 aromatic carbocycles. The second kappa shape index (κ2) is 8.49. The molecule has 2 N–H and O–H groups in total. The molecule has 3 aromatic rings. The number of amides is 1. The van der Waals surface area contributed by atoms with Crippen LogP contribution in [0.3, 0.4) is 0 Å². The van der Waals surface area contributed by atoms with Crippen LogP contribution in [-0.2, 0) is 11.2 Å². The maximum Gasteiger partial charge on any atom is 0.225 e. The Morgan fingerprint density at radius 2 is 2.04 bits per heavy atom. The van der Waals surface area contributed by atoms with Crippen molar-refractivity contribution in [3.05, 3.63) is 58.2 Å². The van der Waals surface area contributed by atoms with Gasteiger partial charge in [-0.25, -0.2) is 9.97 Å². The fourth-order valence-corrected chi connectivity index (χ4v) is 3.73. The van der Waals surface area contributed by atoms with Gasteiger partial charge in [-0.05, 0) is 42.3 Å². The van der Waals surface area contributed by atoms with Gasteiger partial charge in [-0.1, -0.05) is 29.3 Å². The minimum absolute atomic E-state index is 0.0666. The second-order valence-corrected chi connectivity index (χ2v) is 7.39. The van der Waals surface area contributed by atoms with Gasteiger partial charge in [0.1, 0.15) is 0 Å². The number of nitrogens with zero attached hydrogens (tertiary/aromatic N) is 2. The van der Waals surface area contributed by atoms with E-state index in [-0.39, 0.29) is 5.91 Å². The summed E-state index contributed by atoms with van der Waals surface area (Å²) in [4.78, 5) is 21.7. The van der Waals surface area contributed by atoms with Crippen LogP contribution in [0.4, 0.5) is 10.9 Å². The first-order valence-electron chi connectivity index (χ1n) is 7.90. The molecule has 8 heteroatoms. The molecular formula is C18H16Cl2N4OS. The smallest absolute Gasteiger partial charge is 0.225 e. The Hall–Kier alpha value is -2.15. The molecule has 26 heavy (non-hydrogen) atoms. The largest absolute Gasteiger partial charge is 0.357 e. The van der Waals surface area contributed by atoms with Crippen molar-refractivity contribution >= 4 is 51.4 Å². The van der Waals surface area contributed by atoms with E-state index in [9.17, 15) is 4.79 Å². The fraction of sp³-hybridized carbons (Fsp3) is 0.167. The zero-order chi connectivity index (χ0) is 18.5. The first-order valence-corrected chi connectivity index (χ1v) is 9.47. The Morgan fingerprint density at radius 3 is 2.81 bits per heavy atom. The number of carbonyl (C=O) groups excluding carboxylic acids is 1. The number of thiophene rings is 1. The summed E-state index contributed by atoms with van der Waals surface area (Å²) >= 11 is 13.5. The Morgan fingerprint density at radius 1 is 1.19 bits per heavy atom. The number of anilines is 2. The van der Waals surface area contributed by atoms with Crippen molar-refractivity contribution < 1.29 is 4.79 Å². The van der Waals surface area contributed by atoms with Gasteiger partial charge >= 0.3 is 0 Å². The van der Waals surface area contributed by atoms with Crippen molar-refractivity contribution in [2.75, 3.05) is 17.7 Å². The summed E-state index contributed by atoms with van der Waals surface area (Å²) in [6, 6.07) is 10.9. The molecule has 2 heterocycles. The first-order chi connectivity index (χ1) is 12.5. The van der Waals surface area contributed by atoms with Gasteiger partial charge in [0, 0.05) is 29.7 Å². The third-order valence-corrected chi connectivity index (χ3v) is 5.25. The average molecular weight is 407 g/mol. The molecule has 0 fully saturated rings. The van der Waals surface area contributed by atoms with E-state index in [0.29, 0.717) is 28.8 Å². The van der Waals surface area contributed by atoms with E-state index in [2.05, 4.69) is 20.6 Å². The third-order valence-electron chi connectivity index (χ3n) is 3.64. The van der Waals surface area contributed by atoms with Crippen molar-refractivity contribution in [1.29, 1.82) is 0 Å². The van der Waals surface area contributed by atoms with Crippen LogP contribution in [0, 0.1) is 0 Å². The Kier molecular flexibility index (Phi) is 6.08. The van der Waals surface area contributed by atoms with Gasteiger partial charge in [-0.3, -0.25) is 4.79 Å². The van der Waals surface area contributed by atoms with Crippen LogP contribution in [0.5, 0.6) is 0 Å². The minimum atomic E-state index is -0.0666. The van der Waals surface area contributed by atoms with Crippen LogP contribution < -0.4 is 10.6 Å². The van der Waals surface area contributed by atoms with Gasteiger partial charge in [0.05, 0.1) is 15.6 Å². The molecule has 0 aliphatic carbocycles. The topological polar surface area (TPSA) is 66.9 Å². The number of aryl methyl sites for hydroxylation is 1. The first kappa shape index (κ1) is 18.6. The summed E-state index contributed by atoms with van der Waals surface area (Å²) in [6.45, 7) is 0. The van der Waals surface area contributed by atoms with Crippen LogP contribution >= 0.6 is 34.5 Å². The highest BCUT2D eigenvalue weighted by molar-refractivity contribution is 7.19. The van der Waals surface area contributed by atoms with E-state index in [1.165, 1.54) is 11.3 Å². The van der Waals surface area contributed by atoms with Crippen LogP contribution in [0.2, 0.25) is 10.0 Å². The highest BCUT2D eigenvalue weighted by atomic mass is 35.5. The number of halogens is 2. The number of rotatable bonds is 6. The molecular weight excluding hydrogens is 391 g/mol. The Balaban J connectivity index is 1.60. The lowest BCUT2D eigenvalue weighted by atomic mass is 10.1. The molecule has 0 saturated heterocycles. The summed E-state index contributed by atoms with van der Waals surface area (Å²) in [7, 11) is 1.77. The van der Waals surface area contributed by atoms with Gasteiger partial charge in [-0.2, -0.15) is 0 Å². The van der Waals surface area contributed by atoms with Gasteiger partial charge < -0.3 is 10.6 Å². The predicted octanol–water partition coefficient (Wildman–Crippen LogP) is 5.12. The number of hydrogen-bond acceptors (Lipinski definition) is 5. The van der Waals surface area contributed by atoms with E-state index < -0.39 is 0 Å². The lowest BCUT2D eigenvalue weighted by Gasteiger charge is -2.05. The van der Waals surface area contributed by atoms with E-state index >= 15 is 0 Å². The highest BCUT2D eigenvalue weighted by Crippen LogP contribution is 2.30. The zero-order valence-electron chi connectivity index (χ0n) is 13.9. The Labute approximate surface area is 165 Å². The summed E-state index contributed by atoms with van der Waals surface area (Å²) in [5, 5.41) is 7.76. The van der Waals surface area contributed by atoms with Crippen molar-refractivity contribution in [3.8, 4) is 10.6 Å². The molecule has 0 saturated carbocycles. The average Bonchev–Trinajstić information content (AvgIpc) is 3.09. The zero-order valence-corrected chi connectivity index (χ0v) is 16.3. The monoisotopic (exact) mass is 406 g/mol. The van der Waals surface area contributed by atoms with Crippen molar-refractivity contribution in [2.45, 2.75) is 12.8 Å². The predicted molar refractivity (Wildman–Crippen MR) is 108 cm³/mol. The quantitative estimate of drug-likeness (QED) is 0.595. The van der Waals surface area contributed by atoms with E-state index in [1.54, 1.807) is 25.4 Å². The summed E-state index contributed by atoms with van der Waals surface area (Å²) in [5.74, 6) is 0.490. The molecule has 0 radical (unpaired) electrons. The number of nitrogens with one attached hydrogen (secondary N) is 2. The maximum absolute atomic E-state index is 12.2. The van der Waals surface area contributed by atoms with Crippen molar-refractivity contribution in [2.24, 2.45) is 0 Å². The lowest BCUT2D eigenvalue weighted by Crippen LogP contribution is -2.11. The molecule has 0 aliphatic heterocycles. The molecule has 0 unspecified atom stereocenters. The van der Waals surface area contributed by atoms with Crippen molar-refractivity contribution in [3.63, 3.8) is 0 Å². The summed E-state index contributed by atoms with van der Waals surface area (Å²) in [5.41, 5.74) is 1.71. The fourth-order valence-electron chi connectivity index (χ4n) is 2.33. The van der Waals surface area contributed by atoms with Crippen LogP contribution in [0.15, 0.2) is 42.6 Å². The number of carbonyl (C=O) groups is 1. The maximum atomic E-state index is 12.2. The van der Waals surface area contributed by atoms with E-state index in [4.69, 9.17) is 23.2 Å². The molecule has 0 atom stereocenters. The summed E-state index contributed by atoms with van der Waals surface area (Å²) in [6.07, 6.45) is 2.59. The molecule has 0 aliphatic rings. The van der Waals surface area contributed by atoms with Crippen LogP contribution in [0.1, 0.15) is 12.0 Å². The molecule has 2 aromatic heterocycles. The Bertz CT molecular complexity index is 929. The number of hydrogen-bond donors (Lipinski definition) is 2. The van der Waals surface area contributed by atoms with Gasteiger partial charge in [0.25, 0.3) is 0 Å². The standard InChI is InChI=1S/C18H16Cl2N4OS/c1-21-18-22-9-8-14(23-18)15-5-7-17(26-15)24-16(25)6-3-11-2-4-12(19)10-13(11)20/h2,4-5,7-10H,3,6H2,1H3,(H,24,25)(H,21,22,23). The molecule has 134 valence electrons. The molecule has 0 spiro atoms. The van der Waals surface area contributed by atoms with Crippen molar-refractivity contribution in [1.82, 2.24) is 9.97 Å². The van der Waals surface area contributed by atoms with E-state index in [1.807, 2.05) is 24.3 Å². The molecule has 0 bridgehead atoms. The molecule has 1 amide bonds. The summed E-state index contributed by atoms with van der Waals surface area (Å²) < 4.78 is 0. The molecule has 5 nitrogen and oxygen atoms in total. The van der Waals surface area contributed by atoms with Crippen LogP contribution in [0.25, 0.3) is 10.6 Å². The minimum Gasteiger partial charge on any atom is -0.357 e. The van der Waals surface area contributed by atoms with Gasteiger partial charge in [0.15, 0.2) is 0 Å². The van der Waals surface area contributed by atoms with Gasteiger partial charge in [-0.15, -0.1) is 11.3 Å². The number of aromatic nitrogens is 2. The van der Waals surface area contributed by atoms with Gasteiger partial charge in [0.2, 0.25) is 11.9 Å². The number of benzene rings is 1. The highest BCUT2D eigenvalue weighted by Gasteiger charge is 2.10. The SMILES string of the molecule is CNc1nccc(-c2ccc(NC(=O)CCc3ccc(Cl)cc3Cl)s2)n1. The lowest BCUT2D eigenvalue weighted by molar-refractivity contribution is -0.116. The normalized spacial score (nSPS) is 10.6. The third kappa shape index (κ3) is 4.72. The van der Waals surface area contributed by atoms with E-state index in [0.717, 1.165) is 21.1 Å². The van der Waals surface area contributed by atoms with Crippen LogP contribution in [-0.4, -0.2) is 22.9 Å². The molecule has 3 rings (SSSR count). The second-order valence-electron chi connectivity index (χ2n) is 5.46.